The zero-order chi connectivity index (χ0) is 12.7. The summed E-state index contributed by atoms with van der Waals surface area (Å²) in [4.78, 5) is 0. The van der Waals surface area contributed by atoms with Gasteiger partial charge in [0.1, 0.15) is 5.75 Å². The lowest BCUT2D eigenvalue weighted by molar-refractivity contribution is 0.0518. The predicted molar refractivity (Wildman–Crippen MR) is 75.8 cm³/mol. The summed E-state index contributed by atoms with van der Waals surface area (Å²) in [5.41, 5.74) is 0. The smallest absolute Gasteiger partial charge is 0.188 e. The fraction of sp³-hybridized carbons (Fsp3) is 0.571. The summed E-state index contributed by atoms with van der Waals surface area (Å²) >= 11 is 0. The molecule has 0 radical (unpaired) electrons. The molecule has 0 aromatic heterocycles. The summed E-state index contributed by atoms with van der Waals surface area (Å²) in [7, 11) is 0.291. The van der Waals surface area contributed by atoms with Crippen molar-refractivity contribution in [3.63, 3.8) is 0 Å². The summed E-state index contributed by atoms with van der Waals surface area (Å²) in [6, 6.07) is 12.3. The number of benzene rings is 1. The molecular weight excluding hydrogens is 228 g/mol. The molecule has 1 aromatic rings. The normalized spacial score (nSPS) is 11.5. The number of para-hydroxylation sites is 1. The number of ether oxygens (including phenoxy) is 2. The maximum Gasteiger partial charge on any atom is 0.188 e. The zero-order valence-corrected chi connectivity index (χ0v) is 12.5. The van der Waals surface area contributed by atoms with Gasteiger partial charge in [-0.25, -0.2) is 0 Å². The molecule has 0 fully saturated rings. The first-order valence-corrected chi connectivity index (χ1v) is 9.07. The van der Waals surface area contributed by atoms with Crippen molar-refractivity contribution in [2.75, 3.05) is 13.9 Å². The van der Waals surface area contributed by atoms with E-state index in [1.54, 1.807) is 7.11 Å². The molecule has 0 aliphatic rings. The monoisotopic (exact) mass is 252 g/mol. The highest BCUT2D eigenvalue weighted by atomic mass is 28.3. The third-order valence-electron chi connectivity index (χ3n) is 3.82. The van der Waals surface area contributed by atoms with Gasteiger partial charge in [0.05, 0.1) is 8.07 Å². The van der Waals surface area contributed by atoms with Crippen LogP contribution in [0, 0.1) is 0 Å². The number of hydrogen-bond acceptors (Lipinski definition) is 2. The largest absolute Gasteiger partial charge is 0.468 e. The van der Waals surface area contributed by atoms with Gasteiger partial charge in [0.25, 0.3) is 0 Å². The van der Waals surface area contributed by atoms with Crippen LogP contribution in [0.4, 0.5) is 0 Å². The molecule has 0 N–H and O–H groups in total. The molecule has 0 saturated carbocycles. The van der Waals surface area contributed by atoms with Crippen LogP contribution >= 0.6 is 0 Å². The van der Waals surface area contributed by atoms with Gasteiger partial charge in [0, 0.05) is 7.11 Å². The molecule has 2 nitrogen and oxygen atoms in total. The van der Waals surface area contributed by atoms with Crippen LogP contribution in [0.5, 0.6) is 5.75 Å². The topological polar surface area (TPSA) is 18.5 Å². The molecule has 17 heavy (non-hydrogen) atoms. The van der Waals surface area contributed by atoms with Crippen LogP contribution in [-0.2, 0) is 4.74 Å². The van der Waals surface area contributed by atoms with E-state index >= 15 is 0 Å². The predicted octanol–water partition coefficient (Wildman–Crippen LogP) is 3.38. The molecule has 0 amide bonds. The van der Waals surface area contributed by atoms with Crippen molar-refractivity contribution in [3.05, 3.63) is 24.3 Å². The third kappa shape index (κ3) is 3.10. The van der Waals surface area contributed by atoms with Gasteiger partial charge < -0.3 is 9.47 Å². The Morgan fingerprint density at radius 1 is 1.00 bits per heavy atom. The molecule has 0 heterocycles. The third-order valence-corrected chi connectivity index (χ3v) is 9.44. The van der Waals surface area contributed by atoms with E-state index in [0.29, 0.717) is 6.79 Å². The molecule has 3 heteroatoms. The summed E-state index contributed by atoms with van der Waals surface area (Å²) in [6.07, 6.45) is 0. The highest BCUT2D eigenvalue weighted by Crippen LogP contribution is 2.24. The van der Waals surface area contributed by atoms with Crippen LogP contribution in [0.15, 0.2) is 24.3 Å². The van der Waals surface area contributed by atoms with Gasteiger partial charge in [-0.3, -0.25) is 0 Å². The number of hydrogen-bond donors (Lipinski definition) is 0. The van der Waals surface area contributed by atoms with E-state index in [9.17, 15) is 0 Å². The highest BCUT2D eigenvalue weighted by molar-refractivity contribution is 6.92. The van der Waals surface area contributed by atoms with Crippen LogP contribution in [0.2, 0.25) is 18.1 Å². The van der Waals surface area contributed by atoms with Crippen molar-refractivity contribution >= 4 is 13.3 Å². The second-order valence-corrected chi connectivity index (χ2v) is 9.61. The van der Waals surface area contributed by atoms with E-state index in [-0.39, 0.29) is 0 Å². The highest BCUT2D eigenvalue weighted by Gasteiger charge is 2.31. The van der Waals surface area contributed by atoms with Gasteiger partial charge >= 0.3 is 0 Å². The van der Waals surface area contributed by atoms with Crippen LogP contribution in [0.1, 0.15) is 20.8 Å². The summed E-state index contributed by atoms with van der Waals surface area (Å²) in [6.45, 7) is 7.27. The Bertz CT molecular complexity index is 326. The Morgan fingerprint density at radius 3 is 2.12 bits per heavy atom. The average Bonchev–Trinajstić information content (AvgIpc) is 2.40. The fourth-order valence-corrected chi connectivity index (χ4v) is 6.25. The molecule has 1 aromatic carbocycles. The van der Waals surface area contributed by atoms with Crippen molar-refractivity contribution in [2.45, 2.75) is 38.9 Å². The van der Waals surface area contributed by atoms with Crippen LogP contribution in [-0.4, -0.2) is 22.0 Å². The van der Waals surface area contributed by atoms with Crippen molar-refractivity contribution < 1.29 is 9.47 Å². The minimum atomic E-state index is -1.37. The SMILES string of the molecule is CC[Si](CC)(CC)c1ccccc1OCOC. The van der Waals surface area contributed by atoms with Gasteiger partial charge in [-0.15, -0.1) is 0 Å². The maximum absolute atomic E-state index is 5.71. The van der Waals surface area contributed by atoms with Crippen molar-refractivity contribution in [1.29, 1.82) is 0 Å². The van der Waals surface area contributed by atoms with E-state index in [4.69, 9.17) is 9.47 Å². The number of methoxy groups -OCH3 is 1. The Kier molecular flexibility index (Phi) is 5.72. The van der Waals surface area contributed by atoms with Gasteiger partial charge in [-0.1, -0.05) is 57.1 Å². The van der Waals surface area contributed by atoms with E-state index in [0.717, 1.165) is 5.75 Å². The molecule has 0 spiro atoms. The van der Waals surface area contributed by atoms with Crippen LogP contribution < -0.4 is 9.92 Å². The first-order valence-electron chi connectivity index (χ1n) is 6.45. The summed E-state index contributed by atoms with van der Waals surface area (Å²) < 4.78 is 10.7. The molecule has 0 atom stereocenters. The lowest BCUT2D eigenvalue weighted by atomic mass is 10.3. The Balaban J connectivity index is 3.09. The molecule has 0 aliphatic heterocycles. The number of rotatable bonds is 7. The minimum Gasteiger partial charge on any atom is -0.468 e. The van der Waals surface area contributed by atoms with Crippen LogP contribution in [0.3, 0.4) is 0 Å². The lowest BCUT2D eigenvalue weighted by Crippen LogP contribution is -2.46. The summed E-state index contributed by atoms with van der Waals surface area (Å²) in [5, 5.41) is 1.45. The van der Waals surface area contributed by atoms with E-state index in [2.05, 4.69) is 39.0 Å². The maximum atomic E-state index is 5.71. The molecular formula is C14H24O2Si. The summed E-state index contributed by atoms with van der Waals surface area (Å²) in [5.74, 6) is 1.02. The quantitative estimate of drug-likeness (QED) is 0.547. The minimum absolute atomic E-state index is 0.332. The van der Waals surface area contributed by atoms with E-state index < -0.39 is 8.07 Å². The van der Waals surface area contributed by atoms with Crippen molar-refractivity contribution in [3.8, 4) is 5.75 Å². The van der Waals surface area contributed by atoms with Crippen molar-refractivity contribution in [2.24, 2.45) is 0 Å². The molecule has 0 unspecified atom stereocenters. The zero-order valence-electron chi connectivity index (χ0n) is 11.5. The molecule has 0 aliphatic carbocycles. The van der Waals surface area contributed by atoms with Gasteiger partial charge in [-0.2, -0.15) is 0 Å². The van der Waals surface area contributed by atoms with E-state index in [1.165, 1.54) is 23.3 Å². The second kappa shape index (κ2) is 6.82. The van der Waals surface area contributed by atoms with Gasteiger partial charge in [-0.05, 0) is 11.3 Å². The first-order chi connectivity index (χ1) is 8.24. The van der Waals surface area contributed by atoms with Crippen LogP contribution in [0.25, 0.3) is 0 Å². The Hall–Kier alpha value is -0.803. The standard InChI is InChI=1S/C14H24O2Si/c1-5-17(6-2,7-3)14-11-9-8-10-13(14)16-12-15-4/h8-11H,5-7,12H2,1-4H3. The molecule has 0 saturated heterocycles. The Morgan fingerprint density at radius 2 is 1.59 bits per heavy atom. The van der Waals surface area contributed by atoms with Crippen molar-refractivity contribution in [1.82, 2.24) is 0 Å². The van der Waals surface area contributed by atoms with Gasteiger partial charge in [0.2, 0.25) is 0 Å². The lowest BCUT2D eigenvalue weighted by Gasteiger charge is -2.30. The Labute approximate surface area is 106 Å². The molecule has 0 bridgehead atoms. The average molecular weight is 252 g/mol. The molecule has 1 rings (SSSR count). The second-order valence-electron chi connectivity index (χ2n) is 4.39. The van der Waals surface area contributed by atoms with Gasteiger partial charge in [0.15, 0.2) is 6.79 Å². The molecule has 96 valence electrons. The van der Waals surface area contributed by atoms with E-state index in [1.807, 2.05) is 6.07 Å². The fourth-order valence-electron chi connectivity index (χ4n) is 2.47. The first kappa shape index (κ1) is 14.3.